The van der Waals surface area contributed by atoms with Crippen molar-refractivity contribution < 1.29 is 0 Å². The van der Waals surface area contributed by atoms with Gasteiger partial charge in [-0.1, -0.05) is 34.2 Å². The van der Waals surface area contributed by atoms with Gasteiger partial charge < -0.3 is 0 Å². The highest BCUT2D eigenvalue weighted by atomic mass is 35.5. The van der Waals surface area contributed by atoms with Gasteiger partial charge in [-0.2, -0.15) is 0 Å². The molecule has 0 aromatic carbocycles. The molecule has 0 saturated heterocycles. The van der Waals surface area contributed by atoms with Gasteiger partial charge in [-0.25, -0.2) is 4.98 Å². The molecule has 0 amide bonds. The van der Waals surface area contributed by atoms with Crippen molar-refractivity contribution in [3.8, 4) is 11.8 Å². The molecule has 0 radical (unpaired) electrons. The van der Waals surface area contributed by atoms with Crippen LogP contribution in [0.3, 0.4) is 0 Å². The molecule has 0 spiro atoms. The van der Waals surface area contributed by atoms with Crippen LogP contribution in [0.1, 0.15) is 12.1 Å². The second-order valence-corrected chi connectivity index (χ2v) is 3.33. The van der Waals surface area contributed by atoms with Gasteiger partial charge in [0.2, 0.25) is 0 Å². The first-order valence-corrected chi connectivity index (χ1v) is 4.80. The number of hydrogen-bond donors (Lipinski definition) is 0. The molecule has 0 fully saturated rings. The van der Waals surface area contributed by atoms with Crippen LogP contribution in [0, 0.1) is 11.8 Å². The summed E-state index contributed by atoms with van der Waals surface area (Å²) in [6, 6.07) is 1.58. The Morgan fingerprint density at radius 1 is 1.53 bits per heavy atom. The van der Waals surface area contributed by atoms with Crippen LogP contribution in [0.2, 0.25) is 10.0 Å². The Labute approximate surface area is 96.9 Å². The van der Waals surface area contributed by atoms with Crippen molar-refractivity contribution in [2.45, 2.75) is 6.42 Å². The summed E-state index contributed by atoms with van der Waals surface area (Å²) >= 11 is 11.5. The minimum Gasteiger partial charge on any atom is -0.245 e. The third-order valence-corrected chi connectivity index (χ3v) is 1.91. The van der Waals surface area contributed by atoms with Crippen molar-refractivity contribution in [2.75, 3.05) is 6.54 Å². The first-order valence-electron chi connectivity index (χ1n) is 4.05. The molecule has 1 rings (SSSR count). The van der Waals surface area contributed by atoms with Gasteiger partial charge in [0.05, 0.1) is 10.0 Å². The average Bonchev–Trinajstić information content (AvgIpc) is 2.20. The summed E-state index contributed by atoms with van der Waals surface area (Å²) in [5.74, 6) is 5.56. The van der Waals surface area contributed by atoms with Crippen LogP contribution >= 0.6 is 23.2 Å². The van der Waals surface area contributed by atoms with Gasteiger partial charge in [0.15, 0.2) is 0 Å². The minimum absolute atomic E-state index is 0.342. The maximum absolute atomic E-state index is 8.02. The van der Waals surface area contributed by atoms with Gasteiger partial charge in [-0.3, -0.25) is 0 Å². The maximum atomic E-state index is 8.02. The molecule has 0 aliphatic heterocycles. The van der Waals surface area contributed by atoms with Crippen LogP contribution in [0.15, 0.2) is 17.4 Å². The molecular formula is C9H6Cl2N4. The number of nitrogens with zero attached hydrogens (tertiary/aromatic N) is 4. The molecule has 0 aliphatic carbocycles. The Hall–Kier alpha value is -1.40. The molecule has 1 aromatic rings. The highest BCUT2D eigenvalue weighted by Crippen LogP contribution is 2.17. The summed E-state index contributed by atoms with van der Waals surface area (Å²) in [5, 5.41) is 4.23. The molecular weight excluding hydrogens is 235 g/mol. The molecule has 76 valence electrons. The predicted octanol–water partition coefficient (Wildman–Crippen LogP) is 3.44. The zero-order valence-electron chi connectivity index (χ0n) is 7.61. The summed E-state index contributed by atoms with van der Waals surface area (Å²) in [4.78, 5) is 6.56. The quantitative estimate of drug-likeness (QED) is 0.257. The third-order valence-electron chi connectivity index (χ3n) is 1.41. The van der Waals surface area contributed by atoms with Crippen LogP contribution in [-0.2, 0) is 0 Å². The maximum Gasteiger partial charge on any atom is 0.131 e. The summed E-state index contributed by atoms with van der Waals surface area (Å²) in [6.45, 7) is 0.342. The van der Waals surface area contributed by atoms with Crippen LogP contribution < -0.4 is 0 Å². The number of hydrogen-bond acceptors (Lipinski definition) is 2. The minimum atomic E-state index is 0.342. The lowest BCUT2D eigenvalue weighted by Crippen LogP contribution is -1.83. The van der Waals surface area contributed by atoms with Gasteiger partial charge in [0, 0.05) is 24.1 Å². The lowest BCUT2D eigenvalue weighted by Gasteiger charge is -1.94. The average molecular weight is 241 g/mol. The molecule has 0 unspecified atom stereocenters. The third kappa shape index (κ3) is 4.09. The fourth-order valence-electron chi connectivity index (χ4n) is 0.803. The molecule has 6 heteroatoms. The highest BCUT2D eigenvalue weighted by molar-refractivity contribution is 6.35. The van der Waals surface area contributed by atoms with E-state index in [2.05, 4.69) is 26.9 Å². The Balaban J connectivity index is 2.67. The fourth-order valence-corrected chi connectivity index (χ4v) is 1.23. The number of halogens is 2. The standard InChI is InChI=1S/C9H6Cl2N4/c10-7-5-8(11)9(13-6-7)3-1-2-4-14-15-12/h5-6H,2,4H2. The van der Waals surface area contributed by atoms with Crippen molar-refractivity contribution in [1.82, 2.24) is 4.98 Å². The van der Waals surface area contributed by atoms with Crippen molar-refractivity contribution in [2.24, 2.45) is 5.11 Å². The van der Waals surface area contributed by atoms with E-state index in [1.807, 2.05) is 0 Å². The molecule has 4 nitrogen and oxygen atoms in total. The summed E-state index contributed by atoms with van der Waals surface area (Å²) in [6.07, 6.45) is 1.95. The van der Waals surface area contributed by atoms with E-state index >= 15 is 0 Å². The zero-order chi connectivity index (χ0) is 11.1. The highest BCUT2D eigenvalue weighted by Gasteiger charge is 1.98. The Bertz CT molecular complexity index is 455. The van der Waals surface area contributed by atoms with Gasteiger partial charge in [0.25, 0.3) is 0 Å². The fraction of sp³-hybridized carbons (Fsp3) is 0.222. The normalized spacial score (nSPS) is 8.67. The van der Waals surface area contributed by atoms with E-state index in [4.69, 9.17) is 28.7 Å². The van der Waals surface area contributed by atoms with Crippen LogP contribution in [0.25, 0.3) is 10.4 Å². The van der Waals surface area contributed by atoms with Crippen molar-refractivity contribution >= 4 is 23.2 Å². The van der Waals surface area contributed by atoms with Crippen LogP contribution in [0.5, 0.6) is 0 Å². The first-order chi connectivity index (χ1) is 7.24. The van der Waals surface area contributed by atoms with E-state index in [0.29, 0.717) is 28.7 Å². The van der Waals surface area contributed by atoms with Gasteiger partial charge >= 0.3 is 0 Å². The molecule has 0 atom stereocenters. The predicted molar refractivity (Wildman–Crippen MR) is 59.8 cm³/mol. The molecule has 1 heterocycles. The second-order valence-electron chi connectivity index (χ2n) is 2.49. The molecule has 0 N–H and O–H groups in total. The van der Waals surface area contributed by atoms with Crippen LogP contribution in [0.4, 0.5) is 0 Å². The first kappa shape index (κ1) is 11.7. The van der Waals surface area contributed by atoms with Crippen molar-refractivity contribution in [3.63, 3.8) is 0 Å². The second kappa shape index (κ2) is 6.15. The number of rotatable bonds is 2. The lowest BCUT2D eigenvalue weighted by molar-refractivity contribution is 1.01. The Kier molecular flexibility index (Phi) is 4.79. The van der Waals surface area contributed by atoms with Gasteiger partial charge in [-0.05, 0) is 17.5 Å². The van der Waals surface area contributed by atoms with E-state index in [0.717, 1.165) is 0 Å². The SMILES string of the molecule is [N-]=[N+]=NCCC#Cc1ncc(Cl)cc1Cl. The van der Waals surface area contributed by atoms with E-state index in [1.165, 1.54) is 6.20 Å². The topological polar surface area (TPSA) is 61.7 Å². The summed E-state index contributed by atoms with van der Waals surface area (Å²) < 4.78 is 0. The molecule has 0 bridgehead atoms. The smallest absolute Gasteiger partial charge is 0.131 e. The van der Waals surface area contributed by atoms with Crippen molar-refractivity contribution in [3.05, 3.63) is 38.4 Å². The van der Waals surface area contributed by atoms with E-state index in [1.54, 1.807) is 6.07 Å². The molecule has 0 aliphatic rings. The van der Waals surface area contributed by atoms with E-state index < -0.39 is 0 Å². The van der Waals surface area contributed by atoms with Crippen LogP contribution in [-0.4, -0.2) is 11.5 Å². The van der Waals surface area contributed by atoms with Crippen molar-refractivity contribution in [1.29, 1.82) is 0 Å². The summed E-state index contributed by atoms with van der Waals surface area (Å²) in [7, 11) is 0. The molecule has 0 saturated carbocycles. The largest absolute Gasteiger partial charge is 0.245 e. The van der Waals surface area contributed by atoms with E-state index in [-0.39, 0.29) is 0 Å². The van der Waals surface area contributed by atoms with Gasteiger partial charge in [0.1, 0.15) is 5.69 Å². The number of azide groups is 1. The Morgan fingerprint density at radius 3 is 3.00 bits per heavy atom. The Morgan fingerprint density at radius 2 is 2.33 bits per heavy atom. The number of pyridine rings is 1. The monoisotopic (exact) mass is 240 g/mol. The zero-order valence-corrected chi connectivity index (χ0v) is 9.13. The summed E-state index contributed by atoms with van der Waals surface area (Å²) in [5.41, 5.74) is 8.49. The molecule has 15 heavy (non-hydrogen) atoms. The lowest BCUT2D eigenvalue weighted by atomic mass is 10.3. The molecule has 1 aromatic heterocycles. The van der Waals surface area contributed by atoms with Gasteiger partial charge in [-0.15, -0.1) is 0 Å². The van der Waals surface area contributed by atoms with E-state index in [9.17, 15) is 0 Å². The number of aromatic nitrogens is 1.